The lowest BCUT2D eigenvalue weighted by atomic mass is 10.1. The molecule has 3 amide bonds. The number of nitrogens with zero attached hydrogens (tertiary/aromatic N) is 6. The largest absolute Gasteiger partial charge is 0.497 e. The van der Waals surface area contributed by atoms with Crippen molar-refractivity contribution < 1.29 is 41.2 Å². The van der Waals surface area contributed by atoms with E-state index in [9.17, 15) is 18.6 Å². The van der Waals surface area contributed by atoms with Crippen molar-refractivity contribution >= 4 is 67.3 Å². The van der Waals surface area contributed by atoms with Crippen LogP contribution in [0.3, 0.4) is 0 Å². The van der Waals surface area contributed by atoms with E-state index in [-0.39, 0.29) is 71.6 Å². The maximum atomic E-state index is 15.4. The summed E-state index contributed by atoms with van der Waals surface area (Å²) in [4.78, 5) is 47.0. The van der Waals surface area contributed by atoms with Crippen LogP contribution in [0.4, 0.5) is 4.79 Å². The van der Waals surface area contributed by atoms with Crippen LogP contribution in [0.15, 0.2) is 110 Å². The van der Waals surface area contributed by atoms with E-state index in [1.165, 1.54) is 15.3 Å². The first-order valence-corrected chi connectivity index (χ1v) is 22.9. The minimum absolute atomic E-state index is 0.00501. The van der Waals surface area contributed by atoms with Crippen LogP contribution in [0.2, 0.25) is 0 Å². The third kappa shape index (κ3) is 9.54. The number of amides is 3. The number of ether oxygens (including phenoxy) is 3. The molecule has 4 aromatic rings. The Morgan fingerprint density at radius 2 is 1.48 bits per heavy atom. The fourth-order valence-corrected chi connectivity index (χ4v) is 11.4. The number of carbonyl (C=O) groups is 3. The van der Waals surface area contributed by atoms with Crippen molar-refractivity contribution in [3.05, 3.63) is 116 Å². The molecule has 0 aliphatic carbocycles. The molecular formula is C42H44IN7O9S2. The van der Waals surface area contributed by atoms with Crippen LogP contribution >= 0.6 is 22.6 Å². The molecule has 3 aliphatic rings. The molecule has 3 atom stereocenters. The zero-order valence-corrected chi connectivity index (χ0v) is 37.8. The maximum absolute atomic E-state index is 15.4. The number of rotatable bonds is 14. The van der Waals surface area contributed by atoms with E-state index in [1.807, 2.05) is 22.6 Å². The number of hydrogen-bond acceptors (Lipinski definition) is 12. The third-order valence-corrected chi connectivity index (χ3v) is 14.4. The average Bonchev–Trinajstić information content (AvgIpc) is 3.97. The van der Waals surface area contributed by atoms with Gasteiger partial charge >= 0.3 is 6.09 Å². The Kier molecular flexibility index (Phi) is 13.0. The summed E-state index contributed by atoms with van der Waals surface area (Å²) in [6, 6.07) is 22.3. The number of halogens is 1. The molecule has 0 bridgehead atoms. The zero-order chi connectivity index (χ0) is 43.6. The molecule has 3 aliphatic heterocycles. The number of amidine groups is 1. The number of hydrogen-bond donors (Lipinski definition) is 1. The second-order valence-corrected chi connectivity index (χ2v) is 19.7. The van der Waals surface area contributed by atoms with Crippen molar-refractivity contribution in [2.45, 2.75) is 67.8 Å². The summed E-state index contributed by atoms with van der Waals surface area (Å²) in [5, 5.41) is 8.17. The van der Waals surface area contributed by atoms with E-state index >= 15 is 8.42 Å². The van der Waals surface area contributed by atoms with Crippen LogP contribution in [-0.4, -0.2) is 102 Å². The van der Waals surface area contributed by atoms with Gasteiger partial charge in [0.05, 0.1) is 41.8 Å². The molecule has 16 nitrogen and oxygen atoms in total. The van der Waals surface area contributed by atoms with Gasteiger partial charge in [0.15, 0.2) is 12.5 Å². The zero-order valence-electron chi connectivity index (χ0n) is 34.0. The predicted octanol–water partition coefficient (Wildman–Crippen LogP) is 6.16. The first-order valence-electron chi connectivity index (χ1n) is 19.2. The number of azo groups is 1. The lowest BCUT2D eigenvalue weighted by molar-refractivity contribution is 0.0189. The highest BCUT2D eigenvalue weighted by atomic mass is 127. The first-order chi connectivity index (χ1) is 29.1. The van der Waals surface area contributed by atoms with Gasteiger partial charge in [-0.3, -0.25) is 14.5 Å². The molecule has 0 radical (unpaired) electrons. The number of likely N-dealkylation sites (tertiary alicyclic amines) is 1. The highest BCUT2D eigenvalue weighted by Crippen LogP contribution is 2.35. The Morgan fingerprint density at radius 1 is 0.902 bits per heavy atom. The Morgan fingerprint density at radius 3 is 1.98 bits per heavy atom. The second kappa shape index (κ2) is 18.1. The molecule has 1 saturated heterocycles. The first kappa shape index (κ1) is 44.0. The molecule has 19 heteroatoms. The van der Waals surface area contributed by atoms with Crippen molar-refractivity contribution in [1.82, 2.24) is 18.8 Å². The highest BCUT2D eigenvalue weighted by Gasteiger charge is 2.44. The lowest BCUT2D eigenvalue weighted by Crippen LogP contribution is -2.46. The minimum Gasteiger partial charge on any atom is -0.497 e. The summed E-state index contributed by atoms with van der Waals surface area (Å²) >= 11 is 2.01. The van der Waals surface area contributed by atoms with Gasteiger partial charge in [-0.1, -0.05) is 36.4 Å². The minimum atomic E-state index is -4.55. The van der Waals surface area contributed by atoms with Crippen LogP contribution in [-0.2, 0) is 38.8 Å². The number of sulfonamides is 1. The third-order valence-electron chi connectivity index (χ3n) is 10.2. The van der Waals surface area contributed by atoms with E-state index in [0.717, 1.165) is 4.90 Å². The summed E-state index contributed by atoms with van der Waals surface area (Å²) in [5.41, 5.74) is 1.16. The number of imide groups is 1. The Bertz CT molecular complexity index is 2460. The van der Waals surface area contributed by atoms with Gasteiger partial charge in [-0.05, 0) is 109 Å². The highest BCUT2D eigenvalue weighted by molar-refractivity contribution is 14.1. The molecular weight excluding hydrogens is 938 g/mol. The second-order valence-electron chi connectivity index (χ2n) is 15.5. The number of methoxy groups -OCH3 is 2. The molecule has 0 spiro atoms. The Hall–Kier alpha value is -5.09. The topological polar surface area (TPSA) is 189 Å². The summed E-state index contributed by atoms with van der Waals surface area (Å²) in [7, 11) is -3.69. The van der Waals surface area contributed by atoms with Crippen LogP contribution in [0.1, 0.15) is 64.6 Å². The van der Waals surface area contributed by atoms with Gasteiger partial charge in [0, 0.05) is 35.8 Å². The Labute approximate surface area is 370 Å². The van der Waals surface area contributed by atoms with Crippen molar-refractivity contribution in [2.24, 2.45) is 15.2 Å². The van der Waals surface area contributed by atoms with Crippen LogP contribution in [0, 0.1) is 3.57 Å². The van der Waals surface area contributed by atoms with Gasteiger partial charge in [-0.25, -0.2) is 27.1 Å². The summed E-state index contributed by atoms with van der Waals surface area (Å²) in [6.07, 6.45) is -0.527. The van der Waals surface area contributed by atoms with Crippen molar-refractivity contribution in [3.8, 4) is 11.5 Å². The van der Waals surface area contributed by atoms with Gasteiger partial charge < -0.3 is 19.1 Å². The normalized spacial score (nSPS) is 18.1. The SMILES string of the molecule is COc1ccc(CN(Cc2ccc(OC)cc2)S(=O)(=O)c2c(S(=O)N[C@@H]3C[C@@H](CN4C(=O)c5ccccc5C4=O)N(C(=O)OC(C)(C)C)C3)ccc(I)c2C2=NCN=N2)cc1. The summed E-state index contributed by atoms with van der Waals surface area (Å²) < 4.78 is 66.8. The lowest BCUT2D eigenvalue weighted by Gasteiger charge is -2.30. The molecule has 1 fully saturated rings. The van der Waals surface area contributed by atoms with Crippen molar-refractivity contribution in [2.75, 3.05) is 34.0 Å². The Balaban J connectivity index is 1.25. The molecule has 4 aromatic carbocycles. The number of benzene rings is 4. The van der Waals surface area contributed by atoms with Crippen LogP contribution in [0.5, 0.6) is 11.5 Å². The summed E-state index contributed by atoms with van der Waals surface area (Å²) in [6.45, 7) is 4.88. The maximum Gasteiger partial charge on any atom is 0.410 e. The predicted molar refractivity (Wildman–Crippen MR) is 234 cm³/mol. The molecule has 0 saturated carbocycles. The number of nitrogens with one attached hydrogen (secondary N) is 1. The molecule has 1 N–H and O–H groups in total. The van der Waals surface area contributed by atoms with Gasteiger partial charge in [0.25, 0.3) is 11.8 Å². The van der Waals surface area contributed by atoms with E-state index in [2.05, 4.69) is 19.9 Å². The number of fused-ring (bicyclic) bond motifs is 1. The fourth-order valence-electron chi connectivity index (χ4n) is 7.28. The summed E-state index contributed by atoms with van der Waals surface area (Å²) in [5.74, 6) is 0.321. The quantitative estimate of drug-likeness (QED) is 0.114. The van der Waals surface area contributed by atoms with Gasteiger partial charge in [-0.2, -0.15) is 9.42 Å². The number of carbonyl (C=O) groups excluding carboxylic acids is 3. The standard InChI is InChI=1S/C42H44IN7O9S2/c1-42(2,3)59-41(53)49-23-28(20-29(49)24-50-39(51)32-8-6-7-9-33(32)40(50)52)47-60(54)35-19-18-34(43)36(38-44-25-45-46-38)37(35)61(55,56)48(21-26-10-14-30(57-4)15-11-26)22-27-12-16-31(58-5)17-13-27/h6-19,28-29,47H,20-25H2,1-5H3/t28-,29+,60?/m1/s1. The molecule has 0 aromatic heterocycles. The monoisotopic (exact) mass is 981 g/mol. The average molecular weight is 982 g/mol. The fraction of sp³-hybridized carbons (Fsp3) is 0.333. The van der Waals surface area contributed by atoms with Gasteiger partial charge in [0.2, 0.25) is 10.0 Å². The van der Waals surface area contributed by atoms with Crippen molar-refractivity contribution in [1.29, 1.82) is 0 Å². The molecule has 320 valence electrons. The van der Waals surface area contributed by atoms with Gasteiger partial charge in [-0.15, -0.1) is 5.11 Å². The van der Waals surface area contributed by atoms with E-state index < -0.39 is 56.6 Å². The molecule has 61 heavy (non-hydrogen) atoms. The van der Waals surface area contributed by atoms with E-state index in [1.54, 1.807) is 114 Å². The molecule has 3 heterocycles. The van der Waals surface area contributed by atoms with Crippen LogP contribution in [0.25, 0.3) is 0 Å². The van der Waals surface area contributed by atoms with E-state index in [4.69, 9.17) is 14.2 Å². The van der Waals surface area contributed by atoms with Gasteiger partial charge in [0.1, 0.15) is 33.0 Å². The van der Waals surface area contributed by atoms with Crippen molar-refractivity contribution in [3.63, 3.8) is 0 Å². The number of aliphatic imine (C=N–C) groups is 1. The van der Waals surface area contributed by atoms with E-state index in [0.29, 0.717) is 26.2 Å². The van der Waals surface area contributed by atoms with Crippen LogP contribution < -0.4 is 14.2 Å². The molecule has 1 unspecified atom stereocenters. The molecule has 7 rings (SSSR count). The smallest absolute Gasteiger partial charge is 0.410 e.